The highest BCUT2D eigenvalue weighted by Crippen LogP contribution is 2.33. The van der Waals surface area contributed by atoms with Gasteiger partial charge in [-0.1, -0.05) is 18.5 Å². The maximum Gasteiger partial charge on any atom is 0.194 e. The average molecular weight is 320 g/mol. The van der Waals surface area contributed by atoms with Gasteiger partial charge in [-0.2, -0.15) is 5.26 Å². The molecule has 0 aliphatic rings. The fourth-order valence-electron chi connectivity index (χ4n) is 2.16. The van der Waals surface area contributed by atoms with E-state index < -0.39 is 5.92 Å². The first-order chi connectivity index (χ1) is 10.1. The van der Waals surface area contributed by atoms with Crippen molar-refractivity contribution < 1.29 is 9.53 Å². The van der Waals surface area contributed by atoms with E-state index in [-0.39, 0.29) is 5.78 Å². The van der Waals surface area contributed by atoms with E-state index in [4.69, 9.17) is 16.3 Å². The SMILES string of the molecule is CCc1ccsc1C(=O)C(C#N)c1cc(Cl)ccc1OC. The van der Waals surface area contributed by atoms with Gasteiger partial charge in [0.1, 0.15) is 11.7 Å². The largest absolute Gasteiger partial charge is 0.496 e. The van der Waals surface area contributed by atoms with Crippen LogP contribution in [-0.2, 0) is 6.42 Å². The number of carbonyl (C=O) groups is 1. The molecule has 21 heavy (non-hydrogen) atoms. The van der Waals surface area contributed by atoms with E-state index in [1.54, 1.807) is 18.2 Å². The van der Waals surface area contributed by atoms with Crippen molar-refractivity contribution in [1.29, 1.82) is 5.26 Å². The van der Waals surface area contributed by atoms with Crippen LogP contribution in [0.5, 0.6) is 5.75 Å². The van der Waals surface area contributed by atoms with Gasteiger partial charge in [-0.05, 0) is 41.6 Å². The molecule has 0 fully saturated rings. The van der Waals surface area contributed by atoms with Gasteiger partial charge >= 0.3 is 0 Å². The Hall–Kier alpha value is -1.83. The molecule has 2 aromatic rings. The Morgan fingerprint density at radius 2 is 2.24 bits per heavy atom. The van der Waals surface area contributed by atoms with Crippen LogP contribution in [0.15, 0.2) is 29.6 Å². The van der Waals surface area contributed by atoms with Gasteiger partial charge in [0.25, 0.3) is 0 Å². The number of nitriles is 1. The summed E-state index contributed by atoms with van der Waals surface area (Å²) in [4.78, 5) is 13.3. The van der Waals surface area contributed by atoms with E-state index in [0.29, 0.717) is 21.2 Å². The Morgan fingerprint density at radius 3 is 2.86 bits per heavy atom. The minimum absolute atomic E-state index is 0.204. The van der Waals surface area contributed by atoms with Crippen molar-refractivity contribution in [2.75, 3.05) is 7.11 Å². The second-order valence-corrected chi connectivity index (χ2v) is 5.79. The molecule has 0 saturated carbocycles. The lowest BCUT2D eigenvalue weighted by molar-refractivity contribution is 0.0981. The second-order valence-electron chi connectivity index (χ2n) is 4.44. The van der Waals surface area contributed by atoms with Crippen molar-refractivity contribution in [3.63, 3.8) is 0 Å². The minimum atomic E-state index is -0.914. The van der Waals surface area contributed by atoms with Gasteiger partial charge in [-0.25, -0.2) is 0 Å². The molecular formula is C16H14ClNO2S. The number of carbonyl (C=O) groups excluding carboxylic acids is 1. The number of hydrogen-bond donors (Lipinski definition) is 0. The maximum atomic E-state index is 12.7. The Bertz CT molecular complexity index is 703. The van der Waals surface area contributed by atoms with Crippen molar-refractivity contribution >= 4 is 28.7 Å². The van der Waals surface area contributed by atoms with Crippen molar-refractivity contribution in [1.82, 2.24) is 0 Å². The molecule has 1 aromatic carbocycles. The summed E-state index contributed by atoms with van der Waals surface area (Å²) in [6.07, 6.45) is 0.759. The fraction of sp³-hybridized carbons (Fsp3) is 0.250. The van der Waals surface area contributed by atoms with Crippen LogP contribution < -0.4 is 4.74 Å². The maximum absolute atomic E-state index is 12.7. The Morgan fingerprint density at radius 1 is 1.48 bits per heavy atom. The molecule has 0 N–H and O–H groups in total. The second kappa shape index (κ2) is 6.75. The molecular weight excluding hydrogens is 306 g/mol. The summed E-state index contributed by atoms with van der Waals surface area (Å²) in [5.74, 6) is -0.624. The van der Waals surface area contributed by atoms with Crippen LogP contribution >= 0.6 is 22.9 Å². The van der Waals surface area contributed by atoms with Crippen LogP contribution in [0.2, 0.25) is 5.02 Å². The fourth-order valence-corrected chi connectivity index (χ4v) is 3.31. The lowest BCUT2D eigenvalue weighted by Crippen LogP contribution is -2.12. The van der Waals surface area contributed by atoms with Gasteiger partial charge < -0.3 is 4.74 Å². The topological polar surface area (TPSA) is 50.1 Å². The number of hydrogen-bond acceptors (Lipinski definition) is 4. The van der Waals surface area contributed by atoms with Gasteiger partial charge in [-0.15, -0.1) is 11.3 Å². The van der Waals surface area contributed by atoms with Gasteiger partial charge in [0.2, 0.25) is 0 Å². The quantitative estimate of drug-likeness (QED) is 0.764. The molecule has 108 valence electrons. The molecule has 0 bridgehead atoms. The predicted octanol–water partition coefficient (Wildman–Crippen LogP) is 4.46. The number of methoxy groups -OCH3 is 1. The summed E-state index contributed by atoms with van der Waals surface area (Å²) in [5, 5.41) is 11.8. The van der Waals surface area contributed by atoms with E-state index in [2.05, 4.69) is 6.07 Å². The Kier molecular flexibility index (Phi) is 5.00. The van der Waals surface area contributed by atoms with Crippen LogP contribution in [0.1, 0.15) is 33.6 Å². The number of benzene rings is 1. The molecule has 1 unspecified atom stereocenters. The molecule has 0 amide bonds. The highest BCUT2D eigenvalue weighted by molar-refractivity contribution is 7.12. The molecule has 0 spiro atoms. The number of Topliss-reactive ketones (excluding diaryl/α,β-unsaturated/α-hetero) is 1. The molecule has 0 aliphatic carbocycles. The monoisotopic (exact) mass is 319 g/mol. The number of ketones is 1. The first-order valence-corrected chi connectivity index (χ1v) is 7.71. The summed E-state index contributed by atoms with van der Waals surface area (Å²) in [6, 6.07) is 8.96. The highest BCUT2D eigenvalue weighted by Gasteiger charge is 2.27. The average Bonchev–Trinajstić information content (AvgIpc) is 2.96. The summed E-state index contributed by atoms with van der Waals surface area (Å²) >= 11 is 7.35. The molecule has 0 aliphatic heterocycles. The zero-order valence-electron chi connectivity index (χ0n) is 11.7. The zero-order chi connectivity index (χ0) is 15.4. The third kappa shape index (κ3) is 3.10. The smallest absolute Gasteiger partial charge is 0.194 e. The third-order valence-corrected chi connectivity index (χ3v) is 4.45. The van der Waals surface area contributed by atoms with Crippen LogP contribution in [-0.4, -0.2) is 12.9 Å². The molecule has 0 radical (unpaired) electrons. The molecule has 1 heterocycles. The molecule has 0 saturated heterocycles. The number of nitrogens with zero attached hydrogens (tertiary/aromatic N) is 1. The minimum Gasteiger partial charge on any atom is -0.496 e. The highest BCUT2D eigenvalue weighted by atomic mass is 35.5. The van der Waals surface area contributed by atoms with Crippen molar-refractivity contribution in [3.05, 3.63) is 50.7 Å². The van der Waals surface area contributed by atoms with E-state index in [0.717, 1.165) is 12.0 Å². The molecule has 3 nitrogen and oxygen atoms in total. The number of ether oxygens (including phenoxy) is 1. The zero-order valence-corrected chi connectivity index (χ0v) is 13.3. The lowest BCUT2D eigenvalue weighted by atomic mass is 9.93. The third-order valence-electron chi connectivity index (χ3n) is 3.25. The van der Waals surface area contributed by atoms with Crippen molar-refractivity contribution in [2.45, 2.75) is 19.3 Å². The molecule has 5 heteroatoms. The Balaban J connectivity index is 2.48. The van der Waals surface area contributed by atoms with Gasteiger partial charge in [0.05, 0.1) is 18.1 Å². The Labute approximate surface area is 132 Å². The van der Waals surface area contributed by atoms with E-state index in [9.17, 15) is 10.1 Å². The van der Waals surface area contributed by atoms with E-state index in [1.165, 1.54) is 18.4 Å². The molecule has 1 aromatic heterocycles. The number of halogens is 1. The predicted molar refractivity (Wildman–Crippen MR) is 84.4 cm³/mol. The number of aryl methyl sites for hydroxylation is 1. The van der Waals surface area contributed by atoms with Crippen LogP contribution in [0.25, 0.3) is 0 Å². The summed E-state index contributed by atoms with van der Waals surface area (Å²) in [7, 11) is 1.51. The van der Waals surface area contributed by atoms with Crippen molar-refractivity contribution in [3.8, 4) is 11.8 Å². The standard InChI is InChI=1S/C16H14ClNO2S/c1-3-10-6-7-21-16(10)15(19)13(9-18)12-8-11(17)4-5-14(12)20-2/h4-8,13H,3H2,1-2H3. The van der Waals surface area contributed by atoms with Crippen LogP contribution in [0.4, 0.5) is 0 Å². The number of rotatable bonds is 5. The van der Waals surface area contributed by atoms with Gasteiger partial charge in [-0.3, -0.25) is 4.79 Å². The van der Waals surface area contributed by atoms with E-state index in [1.807, 2.05) is 18.4 Å². The van der Waals surface area contributed by atoms with Crippen LogP contribution in [0.3, 0.4) is 0 Å². The first kappa shape index (κ1) is 15.6. The first-order valence-electron chi connectivity index (χ1n) is 6.46. The molecule has 1 atom stereocenters. The van der Waals surface area contributed by atoms with E-state index >= 15 is 0 Å². The summed E-state index contributed by atoms with van der Waals surface area (Å²) < 4.78 is 5.25. The normalized spacial score (nSPS) is 11.7. The molecule has 2 rings (SSSR count). The lowest BCUT2D eigenvalue weighted by Gasteiger charge is -2.13. The van der Waals surface area contributed by atoms with Crippen molar-refractivity contribution in [2.24, 2.45) is 0 Å². The summed E-state index contributed by atoms with van der Waals surface area (Å²) in [5.41, 5.74) is 1.47. The van der Waals surface area contributed by atoms with Crippen LogP contribution in [0, 0.1) is 11.3 Å². The van der Waals surface area contributed by atoms with Gasteiger partial charge in [0.15, 0.2) is 5.78 Å². The van der Waals surface area contributed by atoms with Gasteiger partial charge in [0, 0.05) is 10.6 Å². The summed E-state index contributed by atoms with van der Waals surface area (Å²) in [6.45, 7) is 1.99. The number of thiophene rings is 1.